The fourth-order valence-electron chi connectivity index (χ4n) is 1.62. The molecule has 0 bridgehead atoms. The average molecular weight is 239 g/mol. The lowest BCUT2D eigenvalue weighted by Gasteiger charge is -2.04. The number of benzene rings is 1. The minimum Gasteiger partial charge on any atom is -0.307 e. The third kappa shape index (κ3) is 1.88. The van der Waals surface area contributed by atoms with E-state index in [-0.39, 0.29) is 11.2 Å². The zero-order valence-electron chi connectivity index (χ0n) is 8.57. The zero-order valence-corrected chi connectivity index (χ0v) is 9.33. The lowest BCUT2D eigenvalue weighted by molar-refractivity contribution is 0.626. The highest BCUT2D eigenvalue weighted by Crippen LogP contribution is 2.03. The Morgan fingerprint density at radius 3 is 2.75 bits per heavy atom. The van der Waals surface area contributed by atoms with Crippen molar-refractivity contribution in [1.29, 1.82) is 0 Å². The number of H-pyrrole nitrogens is 1. The Balaban J connectivity index is 2.66. The molecule has 1 aromatic heterocycles. The molecular formula is C11H11ClN2O2. The molecule has 0 atom stereocenters. The summed E-state index contributed by atoms with van der Waals surface area (Å²) in [5.74, 6) is 0.429. The average Bonchev–Trinajstić information content (AvgIpc) is 2.29. The van der Waals surface area contributed by atoms with E-state index in [1.54, 1.807) is 24.3 Å². The first-order valence-corrected chi connectivity index (χ1v) is 5.55. The topological polar surface area (TPSA) is 54.9 Å². The lowest BCUT2D eigenvalue weighted by atomic mass is 10.2. The summed E-state index contributed by atoms with van der Waals surface area (Å²) in [6.45, 7) is 0.350. The fraction of sp³-hybridized carbons (Fsp3) is 0.273. The maximum atomic E-state index is 12.0. The number of rotatable bonds is 3. The molecule has 0 radical (unpaired) electrons. The normalized spacial score (nSPS) is 10.8. The maximum absolute atomic E-state index is 12.0. The minimum atomic E-state index is -0.381. The molecule has 0 fully saturated rings. The van der Waals surface area contributed by atoms with Gasteiger partial charge in [0, 0.05) is 12.4 Å². The summed E-state index contributed by atoms with van der Waals surface area (Å²) >= 11 is 5.55. The number of aromatic nitrogens is 2. The summed E-state index contributed by atoms with van der Waals surface area (Å²) in [5, 5.41) is 0.525. The molecule has 0 saturated heterocycles. The van der Waals surface area contributed by atoms with Crippen molar-refractivity contribution in [2.75, 3.05) is 5.88 Å². The van der Waals surface area contributed by atoms with Crippen molar-refractivity contribution in [2.24, 2.45) is 0 Å². The number of hydrogen-bond donors (Lipinski definition) is 1. The predicted molar refractivity (Wildman–Crippen MR) is 64.2 cm³/mol. The van der Waals surface area contributed by atoms with Crippen LogP contribution >= 0.6 is 11.6 Å². The van der Waals surface area contributed by atoms with E-state index in [0.717, 1.165) is 0 Å². The molecule has 0 aliphatic carbocycles. The lowest BCUT2D eigenvalue weighted by Crippen LogP contribution is -2.35. The first-order valence-electron chi connectivity index (χ1n) is 5.02. The van der Waals surface area contributed by atoms with Crippen LogP contribution in [0.2, 0.25) is 0 Å². The van der Waals surface area contributed by atoms with Crippen molar-refractivity contribution in [2.45, 2.75) is 13.0 Å². The predicted octanol–water partition coefficient (Wildman–Crippen LogP) is 1.32. The Morgan fingerprint density at radius 2 is 2.00 bits per heavy atom. The standard InChI is InChI=1S/C11H11ClN2O2/c12-6-3-7-14-10(15)8-4-1-2-5-9(8)13-11(14)16/h1-2,4-5H,3,6-7H2,(H,13,16). The fourth-order valence-corrected chi connectivity index (χ4v) is 1.74. The molecule has 1 aromatic carbocycles. The summed E-state index contributed by atoms with van der Waals surface area (Å²) in [7, 11) is 0. The van der Waals surface area contributed by atoms with Gasteiger partial charge in [0.25, 0.3) is 5.56 Å². The van der Waals surface area contributed by atoms with Crippen molar-refractivity contribution in [1.82, 2.24) is 9.55 Å². The van der Waals surface area contributed by atoms with E-state index in [0.29, 0.717) is 29.7 Å². The first kappa shape index (κ1) is 11.0. The smallest absolute Gasteiger partial charge is 0.307 e. The second-order valence-corrected chi connectivity index (χ2v) is 3.85. The highest BCUT2D eigenvalue weighted by Gasteiger charge is 2.05. The van der Waals surface area contributed by atoms with Crippen LogP contribution in [0, 0.1) is 0 Å². The number of aromatic amines is 1. The number of alkyl halides is 1. The maximum Gasteiger partial charge on any atom is 0.328 e. The molecule has 4 nitrogen and oxygen atoms in total. The van der Waals surface area contributed by atoms with Crippen LogP contribution in [0.3, 0.4) is 0 Å². The highest BCUT2D eigenvalue weighted by molar-refractivity contribution is 6.17. The van der Waals surface area contributed by atoms with E-state index in [4.69, 9.17) is 11.6 Å². The minimum absolute atomic E-state index is 0.260. The SMILES string of the molecule is O=c1[nH]c2ccccc2c(=O)n1CCCCl. The van der Waals surface area contributed by atoms with Gasteiger partial charge in [-0.3, -0.25) is 9.36 Å². The molecule has 0 unspecified atom stereocenters. The van der Waals surface area contributed by atoms with E-state index < -0.39 is 0 Å². The van der Waals surface area contributed by atoms with Crippen molar-refractivity contribution in [3.8, 4) is 0 Å². The van der Waals surface area contributed by atoms with Crippen LogP contribution in [0.4, 0.5) is 0 Å². The van der Waals surface area contributed by atoms with Crippen molar-refractivity contribution < 1.29 is 0 Å². The Labute approximate surface area is 96.5 Å². The van der Waals surface area contributed by atoms with Gasteiger partial charge in [-0.1, -0.05) is 12.1 Å². The molecule has 1 heterocycles. The van der Waals surface area contributed by atoms with Crippen LogP contribution in [0.5, 0.6) is 0 Å². The Kier molecular flexibility index (Phi) is 3.10. The van der Waals surface area contributed by atoms with Crippen molar-refractivity contribution in [3.63, 3.8) is 0 Å². The highest BCUT2D eigenvalue weighted by atomic mass is 35.5. The molecule has 16 heavy (non-hydrogen) atoms. The number of nitrogens with zero attached hydrogens (tertiary/aromatic N) is 1. The van der Waals surface area contributed by atoms with Crippen molar-refractivity contribution in [3.05, 3.63) is 45.1 Å². The van der Waals surface area contributed by atoms with E-state index in [1.807, 2.05) is 0 Å². The van der Waals surface area contributed by atoms with Crippen LogP contribution < -0.4 is 11.2 Å². The number of fused-ring (bicyclic) bond motifs is 1. The molecule has 0 aliphatic rings. The summed E-state index contributed by atoms with van der Waals surface area (Å²) < 4.78 is 1.19. The first-order chi connectivity index (χ1) is 7.74. The Bertz CT molecular complexity index is 615. The number of para-hydroxylation sites is 1. The van der Waals surface area contributed by atoms with Gasteiger partial charge in [0.2, 0.25) is 0 Å². The summed E-state index contributed by atoms with van der Waals surface area (Å²) in [5.41, 5.74) is -0.0714. The van der Waals surface area contributed by atoms with Crippen LogP contribution in [0.1, 0.15) is 6.42 Å². The van der Waals surface area contributed by atoms with E-state index in [9.17, 15) is 9.59 Å². The monoisotopic (exact) mass is 238 g/mol. The van der Waals surface area contributed by atoms with Gasteiger partial charge in [0.1, 0.15) is 0 Å². The zero-order chi connectivity index (χ0) is 11.5. The van der Waals surface area contributed by atoms with E-state index in [2.05, 4.69) is 4.98 Å². The summed E-state index contributed by atoms with van der Waals surface area (Å²) in [6, 6.07) is 6.96. The summed E-state index contributed by atoms with van der Waals surface area (Å²) in [6.07, 6.45) is 0.600. The quantitative estimate of drug-likeness (QED) is 0.820. The van der Waals surface area contributed by atoms with Crippen LogP contribution in [-0.4, -0.2) is 15.4 Å². The Morgan fingerprint density at radius 1 is 1.25 bits per heavy atom. The third-order valence-corrected chi connectivity index (χ3v) is 2.67. The van der Waals surface area contributed by atoms with Crippen molar-refractivity contribution >= 4 is 22.5 Å². The number of halogens is 1. The molecule has 2 aromatic rings. The number of nitrogens with one attached hydrogen (secondary N) is 1. The van der Waals surface area contributed by atoms with Gasteiger partial charge in [-0.15, -0.1) is 11.6 Å². The molecule has 0 spiro atoms. The summed E-state index contributed by atoms with van der Waals surface area (Å²) in [4.78, 5) is 26.3. The van der Waals surface area contributed by atoms with E-state index in [1.165, 1.54) is 4.57 Å². The molecule has 0 amide bonds. The second-order valence-electron chi connectivity index (χ2n) is 3.48. The molecule has 84 valence electrons. The van der Waals surface area contributed by atoms with Crippen LogP contribution in [-0.2, 0) is 6.54 Å². The van der Waals surface area contributed by atoms with Crippen LogP contribution in [0.15, 0.2) is 33.9 Å². The molecular weight excluding hydrogens is 228 g/mol. The Hall–Kier alpha value is -1.55. The number of hydrogen-bond acceptors (Lipinski definition) is 2. The third-order valence-electron chi connectivity index (χ3n) is 2.40. The molecule has 0 saturated carbocycles. The van der Waals surface area contributed by atoms with Gasteiger partial charge >= 0.3 is 5.69 Å². The van der Waals surface area contributed by atoms with Gasteiger partial charge in [-0.05, 0) is 18.6 Å². The molecule has 5 heteroatoms. The largest absolute Gasteiger partial charge is 0.328 e. The molecule has 1 N–H and O–H groups in total. The van der Waals surface area contributed by atoms with Gasteiger partial charge < -0.3 is 4.98 Å². The van der Waals surface area contributed by atoms with Gasteiger partial charge in [-0.2, -0.15) is 0 Å². The van der Waals surface area contributed by atoms with Gasteiger partial charge in [0.05, 0.1) is 10.9 Å². The second kappa shape index (κ2) is 4.53. The van der Waals surface area contributed by atoms with Crippen LogP contribution in [0.25, 0.3) is 10.9 Å². The van der Waals surface area contributed by atoms with Gasteiger partial charge in [-0.25, -0.2) is 4.79 Å². The molecule has 2 rings (SSSR count). The van der Waals surface area contributed by atoms with Gasteiger partial charge in [0.15, 0.2) is 0 Å². The van der Waals surface area contributed by atoms with E-state index >= 15 is 0 Å². The molecule has 0 aliphatic heterocycles.